The molecule has 2 nitrogen and oxygen atoms in total. The molecule has 0 saturated heterocycles. The highest BCUT2D eigenvalue weighted by Crippen LogP contribution is 2.41. The zero-order valence-corrected chi connectivity index (χ0v) is 13.2. The molecule has 1 unspecified atom stereocenters. The van der Waals surface area contributed by atoms with Crippen LogP contribution >= 0.6 is 0 Å². The Labute approximate surface area is 136 Å². The largest absolute Gasteiger partial charge is 0.326 e. The summed E-state index contributed by atoms with van der Waals surface area (Å²) in [5.41, 5.74) is 4.75. The molecular weight excluding hydrogens is 282 g/mol. The van der Waals surface area contributed by atoms with Crippen molar-refractivity contribution in [2.45, 2.75) is 25.7 Å². The minimum Gasteiger partial charge on any atom is -0.326 e. The second-order valence-corrected chi connectivity index (χ2v) is 6.15. The predicted molar refractivity (Wildman–Crippen MR) is 94.9 cm³/mol. The molecule has 0 aliphatic carbocycles. The summed E-state index contributed by atoms with van der Waals surface area (Å²) in [7, 11) is 0. The molecule has 114 valence electrons. The second-order valence-electron chi connectivity index (χ2n) is 6.15. The SMILES string of the molecule is CCc1cccc(C2CC(=O)Nc3ccc4ccccc4c32)c1. The first-order chi connectivity index (χ1) is 11.3. The summed E-state index contributed by atoms with van der Waals surface area (Å²) in [6.07, 6.45) is 1.52. The van der Waals surface area contributed by atoms with Crippen LogP contribution in [0.2, 0.25) is 0 Å². The smallest absolute Gasteiger partial charge is 0.225 e. The molecule has 0 spiro atoms. The number of hydrogen-bond donors (Lipinski definition) is 1. The first-order valence-electron chi connectivity index (χ1n) is 8.16. The maximum absolute atomic E-state index is 12.2. The molecule has 1 heterocycles. The third kappa shape index (κ3) is 2.40. The van der Waals surface area contributed by atoms with Gasteiger partial charge in [0.15, 0.2) is 0 Å². The Balaban J connectivity index is 1.95. The lowest BCUT2D eigenvalue weighted by atomic mass is 9.81. The van der Waals surface area contributed by atoms with Crippen molar-refractivity contribution in [1.82, 2.24) is 0 Å². The Hall–Kier alpha value is -2.61. The van der Waals surface area contributed by atoms with Crippen molar-refractivity contribution in [3.8, 4) is 0 Å². The summed E-state index contributed by atoms with van der Waals surface area (Å²) in [5, 5.41) is 5.50. The number of amides is 1. The van der Waals surface area contributed by atoms with Crippen molar-refractivity contribution in [2.75, 3.05) is 5.32 Å². The van der Waals surface area contributed by atoms with Crippen LogP contribution in [0.1, 0.15) is 36.0 Å². The maximum Gasteiger partial charge on any atom is 0.225 e. The number of hydrogen-bond acceptors (Lipinski definition) is 1. The fraction of sp³-hybridized carbons (Fsp3) is 0.190. The summed E-state index contributed by atoms with van der Waals surface area (Å²) in [5.74, 6) is 0.219. The lowest BCUT2D eigenvalue weighted by Gasteiger charge is -2.28. The van der Waals surface area contributed by atoms with Gasteiger partial charge >= 0.3 is 0 Å². The van der Waals surface area contributed by atoms with Crippen molar-refractivity contribution >= 4 is 22.4 Å². The summed E-state index contributed by atoms with van der Waals surface area (Å²) in [4.78, 5) is 12.2. The van der Waals surface area contributed by atoms with E-state index in [2.05, 4.69) is 66.8 Å². The highest BCUT2D eigenvalue weighted by molar-refractivity contribution is 6.01. The van der Waals surface area contributed by atoms with Gasteiger partial charge in [-0.15, -0.1) is 0 Å². The molecule has 3 aromatic carbocycles. The Bertz CT molecular complexity index is 897. The van der Waals surface area contributed by atoms with E-state index in [0.717, 1.165) is 12.1 Å². The van der Waals surface area contributed by atoms with E-state index in [1.54, 1.807) is 0 Å². The van der Waals surface area contributed by atoms with Crippen LogP contribution in [0.3, 0.4) is 0 Å². The molecule has 1 aliphatic heterocycles. The minimum absolute atomic E-state index is 0.0969. The third-order valence-corrected chi connectivity index (χ3v) is 4.74. The molecule has 1 amide bonds. The fourth-order valence-corrected chi connectivity index (χ4v) is 3.58. The van der Waals surface area contributed by atoms with Crippen LogP contribution in [-0.4, -0.2) is 5.91 Å². The molecule has 0 radical (unpaired) electrons. The van der Waals surface area contributed by atoms with Crippen LogP contribution in [0.25, 0.3) is 10.8 Å². The van der Waals surface area contributed by atoms with E-state index in [-0.39, 0.29) is 11.8 Å². The minimum atomic E-state index is 0.0969. The molecule has 4 rings (SSSR count). The first kappa shape index (κ1) is 14.0. The van der Waals surface area contributed by atoms with Gasteiger partial charge in [0, 0.05) is 18.0 Å². The molecule has 1 aliphatic rings. The maximum atomic E-state index is 12.2. The lowest BCUT2D eigenvalue weighted by Crippen LogP contribution is -2.23. The van der Waals surface area contributed by atoms with Crippen molar-refractivity contribution in [1.29, 1.82) is 0 Å². The molecule has 1 atom stereocenters. The molecule has 2 heteroatoms. The number of fused-ring (bicyclic) bond motifs is 3. The van der Waals surface area contributed by atoms with Gasteiger partial charge in [-0.05, 0) is 39.9 Å². The molecule has 0 bridgehead atoms. The zero-order valence-electron chi connectivity index (χ0n) is 13.2. The van der Waals surface area contributed by atoms with E-state index in [1.165, 1.54) is 27.5 Å². The van der Waals surface area contributed by atoms with E-state index in [4.69, 9.17) is 0 Å². The van der Waals surface area contributed by atoms with Crippen molar-refractivity contribution < 1.29 is 4.79 Å². The summed E-state index contributed by atoms with van der Waals surface area (Å²) in [6, 6.07) is 21.2. The van der Waals surface area contributed by atoms with Gasteiger partial charge in [0.25, 0.3) is 0 Å². The number of anilines is 1. The van der Waals surface area contributed by atoms with E-state index in [1.807, 2.05) is 6.07 Å². The summed E-state index contributed by atoms with van der Waals surface area (Å²) >= 11 is 0. The molecule has 0 saturated carbocycles. The molecule has 23 heavy (non-hydrogen) atoms. The van der Waals surface area contributed by atoms with Gasteiger partial charge in [-0.2, -0.15) is 0 Å². The van der Waals surface area contributed by atoms with E-state index >= 15 is 0 Å². The average molecular weight is 301 g/mol. The van der Waals surface area contributed by atoms with Gasteiger partial charge < -0.3 is 5.32 Å². The lowest BCUT2D eigenvalue weighted by molar-refractivity contribution is -0.116. The van der Waals surface area contributed by atoms with Crippen molar-refractivity contribution in [3.05, 3.63) is 77.4 Å². The van der Waals surface area contributed by atoms with Crippen LogP contribution in [0.15, 0.2) is 60.7 Å². The van der Waals surface area contributed by atoms with E-state index in [9.17, 15) is 4.79 Å². The fourth-order valence-electron chi connectivity index (χ4n) is 3.58. The third-order valence-electron chi connectivity index (χ3n) is 4.74. The first-order valence-corrected chi connectivity index (χ1v) is 8.16. The van der Waals surface area contributed by atoms with Gasteiger partial charge in [0.1, 0.15) is 0 Å². The van der Waals surface area contributed by atoms with Crippen LogP contribution in [0.4, 0.5) is 5.69 Å². The van der Waals surface area contributed by atoms with Crippen LogP contribution in [-0.2, 0) is 11.2 Å². The number of nitrogens with one attached hydrogen (secondary N) is 1. The predicted octanol–water partition coefficient (Wildman–Crippen LogP) is 4.88. The normalized spacial score (nSPS) is 16.9. The average Bonchev–Trinajstić information content (AvgIpc) is 2.60. The molecule has 0 aromatic heterocycles. The number of aryl methyl sites for hydroxylation is 1. The zero-order chi connectivity index (χ0) is 15.8. The molecule has 1 N–H and O–H groups in total. The monoisotopic (exact) mass is 301 g/mol. The number of benzene rings is 3. The van der Waals surface area contributed by atoms with E-state index < -0.39 is 0 Å². The van der Waals surface area contributed by atoms with Crippen molar-refractivity contribution in [3.63, 3.8) is 0 Å². The van der Waals surface area contributed by atoms with E-state index in [0.29, 0.717) is 6.42 Å². The molecule has 0 fully saturated rings. The highest BCUT2D eigenvalue weighted by Gasteiger charge is 2.28. The summed E-state index contributed by atoms with van der Waals surface area (Å²) < 4.78 is 0. The Morgan fingerprint density at radius 1 is 1.04 bits per heavy atom. The molecule has 3 aromatic rings. The molecular formula is C21H19NO. The highest BCUT2D eigenvalue weighted by atomic mass is 16.1. The standard InChI is InChI=1S/C21H19NO/c1-2-14-6-5-8-16(12-14)18-13-20(23)22-19-11-10-15-7-3-4-9-17(15)21(18)19/h3-12,18H,2,13H2,1H3,(H,22,23). The number of rotatable bonds is 2. The van der Waals surface area contributed by atoms with Gasteiger partial charge in [0.05, 0.1) is 0 Å². The van der Waals surface area contributed by atoms with Gasteiger partial charge in [-0.1, -0.05) is 61.5 Å². The number of carbonyl (C=O) groups is 1. The quantitative estimate of drug-likeness (QED) is 0.718. The van der Waals surface area contributed by atoms with Crippen LogP contribution < -0.4 is 5.32 Å². The van der Waals surface area contributed by atoms with Gasteiger partial charge in [-0.25, -0.2) is 0 Å². The van der Waals surface area contributed by atoms with Gasteiger partial charge in [-0.3, -0.25) is 4.79 Å². The van der Waals surface area contributed by atoms with Crippen LogP contribution in [0, 0.1) is 0 Å². The Kier molecular flexibility index (Phi) is 3.38. The van der Waals surface area contributed by atoms with Gasteiger partial charge in [0.2, 0.25) is 5.91 Å². The summed E-state index contributed by atoms with van der Waals surface area (Å²) in [6.45, 7) is 2.16. The Morgan fingerprint density at radius 3 is 2.78 bits per heavy atom. The topological polar surface area (TPSA) is 29.1 Å². The van der Waals surface area contributed by atoms with Crippen molar-refractivity contribution in [2.24, 2.45) is 0 Å². The Morgan fingerprint density at radius 2 is 1.91 bits per heavy atom. The van der Waals surface area contributed by atoms with Crippen LogP contribution in [0.5, 0.6) is 0 Å². The number of carbonyl (C=O) groups excluding carboxylic acids is 1. The second kappa shape index (κ2) is 5.54.